The lowest BCUT2D eigenvalue weighted by Gasteiger charge is -2.49. The average Bonchev–Trinajstić information content (AvgIpc) is 2.37. The Morgan fingerprint density at radius 2 is 2.15 bits per heavy atom. The first-order chi connectivity index (χ1) is 9.49. The van der Waals surface area contributed by atoms with Gasteiger partial charge in [-0.1, -0.05) is 0 Å². The molecule has 0 aromatic carbocycles. The highest BCUT2D eigenvalue weighted by Crippen LogP contribution is 2.48. The zero-order valence-corrected chi connectivity index (χ0v) is 11.0. The molecule has 20 heavy (non-hydrogen) atoms. The third kappa shape index (κ3) is 2.61. The van der Waals surface area contributed by atoms with Gasteiger partial charge in [0.05, 0.1) is 0 Å². The van der Waals surface area contributed by atoms with Crippen LogP contribution in [0.1, 0.15) is 31.2 Å². The third-order valence-corrected chi connectivity index (χ3v) is 4.24. The van der Waals surface area contributed by atoms with Gasteiger partial charge in [0, 0.05) is 12.7 Å². The molecule has 1 saturated heterocycles. The summed E-state index contributed by atoms with van der Waals surface area (Å²) in [6.45, 7) is 1.98. The van der Waals surface area contributed by atoms with Crippen LogP contribution < -0.4 is 10.1 Å². The van der Waals surface area contributed by atoms with E-state index in [-0.39, 0.29) is 17.4 Å². The number of hydrogen-bond donors (Lipinski definition) is 1. The van der Waals surface area contributed by atoms with Crippen molar-refractivity contribution < 1.29 is 17.9 Å². The molecule has 110 valence electrons. The van der Waals surface area contributed by atoms with Gasteiger partial charge in [-0.25, -0.2) is 4.98 Å². The maximum Gasteiger partial charge on any atom is 0.421 e. The predicted molar refractivity (Wildman–Crippen MR) is 67.4 cm³/mol. The van der Waals surface area contributed by atoms with E-state index >= 15 is 0 Å². The SMILES string of the molecule is FC(F)(F)c1cccnc1OC1CC2(CCCNC2)C1. The molecule has 0 radical (unpaired) electrons. The molecule has 6 heteroatoms. The van der Waals surface area contributed by atoms with E-state index in [1.807, 2.05) is 0 Å². The van der Waals surface area contributed by atoms with Crippen molar-refractivity contribution in [3.8, 4) is 5.88 Å². The minimum absolute atomic E-state index is 0.147. The van der Waals surface area contributed by atoms with Gasteiger partial charge in [0.15, 0.2) is 0 Å². The quantitative estimate of drug-likeness (QED) is 0.907. The van der Waals surface area contributed by atoms with E-state index < -0.39 is 11.7 Å². The number of nitrogens with zero attached hydrogens (tertiary/aromatic N) is 1. The zero-order chi connectivity index (χ0) is 14.2. The Hall–Kier alpha value is -1.30. The van der Waals surface area contributed by atoms with Crippen LogP contribution in [0, 0.1) is 5.41 Å². The van der Waals surface area contributed by atoms with Crippen molar-refractivity contribution in [2.45, 2.75) is 38.0 Å². The number of hydrogen-bond acceptors (Lipinski definition) is 3. The summed E-state index contributed by atoms with van der Waals surface area (Å²) >= 11 is 0. The Labute approximate surface area is 115 Å². The largest absolute Gasteiger partial charge is 0.474 e. The number of piperidine rings is 1. The van der Waals surface area contributed by atoms with Gasteiger partial charge < -0.3 is 10.1 Å². The van der Waals surface area contributed by atoms with Crippen molar-refractivity contribution in [1.29, 1.82) is 0 Å². The molecule has 1 spiro atoms. The molecule has 0 bridgehead atoms. The van der Waals surface area contributed by atoms with Gasteiger partial charge in [0.1, 0.15) is 11.7 Å². The van der Waals surface area contributed by atoms with Crippen molar-refractivity contribution in [3.05, 3.63) is 23.9 Å². The van der Waals surface area contributed by atoms with E-state index in [0.29, 0.717) is 0 Å². The minimum atomic E-state index is -4.42. The number of alkyl halides is 3. The minimum Gasteiger partial charge on any atom is -0.474 e. The summed E-state index contributed by atoms with van der Waals surface area (Å²) in [5.41, 5.74) is -0.557. The van der Waals surface area contributed by atoms with E-state index in [2.05, 4.69) is 10.3 Å². The lowest BCUT2D eigenvalue weighted by atomic mass is 9.63. The fourth-order valence-corrected chi connectivity index (χ4v) is 3.23. The Kier molecular flexibility index (Phi) is 3.36. The van der Waals surface area contributed by atoms with Gasteiger partial charge >= 0.3 is 6.18 Å². The highest BCUT2D eigenvalue weighted by Gasteiger charge is 2.47. The molecule has 1 aliphatic carbocycles. The van der Waals surface area contributed by atoms with Crippen LogP contribution in [0.4, 0.5) is 13.2 Å². The van der Waals surface area contributed by atoms with Crippen LogP contribution >= 0.6 is 0 Å². The van der Waals surface area contributed by atoms with Crippen molar-refractivity contribution in [3.63, 3.8) is 0 Å². The predicted octanol–water partition coefficient (Wildman–Crippen LogP) is 3.01. The monoisotopic (exact) mass is 286 g/mol. The second kappa shape index (κ2) is 4.91. The molecule has 1 N–H and O–H groups in total. The first kappa shape index (κ1) is 13.7. The summed E-state index contributed by atoms with van der Waals surface area (Å²) in [5.74, 6) is -0.288. The van der Waals surface area contributed by atoms with Crippen LogP contribution in [0.2, 0.25) is 0 Å². The molecule has 2 fully saturated rings. The lowest BCUT2D eigenvalue weighted by molar-refractivity contribution is -0.140. The highest BCUT2D eigenvalue weighted by atomic mass is 19.4. The first-order valence-corrected chi connectivity index (χ1v) is 6.88. The Morgan fingerprint density at radius 3 is 2.80 bits per heavy atom. The summed E-state index contributed by atoms with van der Waals surface area (Å²) in [6.07, 6.45) is 0.657. The molecular formula is C14H17F3N2O. The van der Waals surface area contributed by atoms with Crippen molar-refractivity contribution in [2.24, 2.45) is 5.41 Å². The number of aromatic nitrogens is 1. The molecule has 2 aliphatic rings. The Morgan fingerprint density at radius 1 is 1.35 bits per heavy atom. The second-order valence-electron chi connectivity index (χ2n) is 5.78. The van der Waals surface area contributed by atoms with Gasteiger partial charge in [-0.05, 0) is 49.8 Å². The van der Waals surface area contributed by atoms with E-state index in [1.165, 1.54) is 12.3 Å². The molecule has 1 aromatic rings. The summed E-state index contributed by atoms with van der Waals surface area (Å²) in [5, 5.41) is 3.35. The molecule has 2 heterocycles. The highest BCUT2D eigenvalue weighted by molar-refractivity contribution is 5.28. The van der Waals surface area contributed by atoms with Crippen molar-refractivity contribution in [2.75, 3.05) is 13.1 Å². The van der Waals surface area contributed by atoms with Crippen LogP contribution in [0.25, 0.3) is 0 Å². The number of pyridine rings is 1. The average molecular weight is 286 g/mol. The lowest BCUT2D eigenvalue weighted by Crippen LogP contribution is -2.52. The van der Waals surface area contributed by atoms with Crippen LogP contribution in [-0.4, -0.2) is 24.2 Å². The van der Waals surface area contributed by atoms with Gasteiger partial charge in [0.25, 0.3) is 0 Å². The van der Waals surface area contributed by atoms with Gasteiger partial charge in [-0.15, -0.1) is 0 Å². The number of ether oxygens (including phenoxy) is 1. The molecule has 3 rings (SSSR count). The van der Waals surface area contributed by atoms with Gasteiger partial charge in [0.2, 0.25) is 5.88 Å². The first-order valence-electron chi connectivity index (χ1n) is 6.88. The third-order valence-electron chi connectivity index (χ3n) is 4.24. The van der Waals surface area contributed by atoms with Crippen molar-refractivity contribution in [1.82, 2.24) is 10.3 Å². The van der Waals surface area contributed by atoms with Crippen LogP contribution in [0.3, 0.4) is 0 Å². The number of halogens is 3. The maximum atomic E-state index is 12.8. The summed E-state index contributed by atoms with van der Waals surface area (Å²) < 4.78 is 44.0. The number of rotatable bonds is 2. The molecular weight excluding hydrogens is 269 g/mol. The maximum absolute atomic E-state index is 12.8. The van der Waals surface area contributed by atoms with E-state index in [4.69, 9.17) is 4.74 Å². The summed E-state index contributed by atoms with van der Waals surface area (Å²) in [7, 11) is 0. The fraction of sp³-hybridized carbons (Fsp3) is 0.643. The van der Waals surface area contributed by atoms with Crippen molar-refractivity contribution >= 4 is 0 Å². The molecule has 0 amide bonds. The molecule has 1 aromatic heterocycles. The van der Waals surface area contributed by atoms with Gasteiger partial charge in [-0.3, -0.25) is 0 Å². The molecule has 1 aliphatic heterocycles. The smallest absolute Gasteiger partial charge is 0.421 e. The normalized spacial score (nSPS) is 30.1. The second-order valence-corrected chi connectivity index (χ2v) is 5.78. The van der Waals surface area contributed by atoms with Crippen LogP contribution in [0.5, 0.6) is 5.88 Å². The molecule has 1 saturated carbocycles. The van der Waals surface area contributed by atoms with Gasteiger partial charge in [-0.2, -0.15) is 13.2 Å². The topological polar surface area (TPSA) is 34.1 Å². The van der Waals surface area contributed by atoms with E-state index in [9.17, 15) is 13.2 Å². The van der Waals surface area contributed by atoms with Crippen LogP contribution in [-0.2, 0) is 6.18 Å². The summed E-state index contributed by atoms with van der Waals surface area (Å²) in [6, 6.07) is 2.29. The molecule has 3 nitrogen and oxygen atoms in total. The van der Waals surface area contributed by atoms with E-state index in [1.54, 1.807) is 0 Å². The standard InChI is InChI=1S/C14H17F3N2O/c15-14(16,17)11-3-1-6-19-12(11)20-10-7-13(8-10)4-2-5-18-9-13/h1,3,6,10,18H,2,4-5,7-9H2. The fourth-order valence-electron chi connectivity index (χ4n) is 3.23. The molecule has 0 atom stereocenters. The van der Waals surface area contributed by atoms with E-state index in [0.717, 1.165) is 44.8 Å². The molecule has 0 unspecified atom stereocenters. The summed E-state index contributed by atoms with van der Waals surface area (Å²) in [4.78, 5) is 3.74. The van der Waals surface area contributed by atoms with Crippen LogP contribution in [0.15, 0.2) is 18.3 Å². The zero-order valence-electron chi connectivity index (χ0n) is 11.0. The Bertz CT molecular complexity index is 476. The Balaban J connectivity index is 1.65. The number of nitrogens with one attached hydrogen (secondary N) is 1.